The summed E-state index contributed by atoms with van der Waals surface area (Å²) in [6.45, 7) is 2.29. The fourth-order valence-electron chi connectivity index (χ4n) is 1.51. The minimum absolute atomic E-state index is 0.0424. The largest absolute Gasteiger partial charge is 0.485 e. The first kappa shape index (κ1) is 14.4. The fraction of sp³-hybridized carbons (Fsp3) is 0.778. The van der Waals surface area contributed by atoms with E-state index < -0.39 is 18.4 Å². The molecule has 0 aromatic rings. The summed E-state index contributed by atoms with van der Waals surface area (Å²) in [5.74, 6) is 0. The third kappa shape index (κ3) is 4.30. The summed E-state index contributed by atoms with van der Waals surface area (Å²) in [6.07, 6.45) is -5.26. The summed E-state index contributed by atoms with van der Waals surface area (Å²) < 4.78 is 40.5. The van der Waals surface area contributed by atoms with Gasteiger partial charge in [-0.15, -0.1) is 0 Å². The Bertz CT molecular complexity index is 314. The Balaban J connectivity index is 2.39. The van der Waals surface area contributed by atoms with Gasteiger partial charge in [-0.25, -0.2) is 14.9 Å². The highest BCUT2D eigenvalue weighted by molar-refractivity contribution is 5.75. The number of hydrogen-bond acceptors (Lipinski definition) is 3. The van der Waals surface area contributed by atoms with Crippen molar-refractivity contribution in [2.75, 3.05) is 32.8 Å². The average Bonchev–Trinajstić information content (AvgIpc) is 2.27. The molecule has 0 aliphatic carbocycles. The second-order valence-corrected chi connectivity index (χ2v) is 3.60. The molecule has 0 atom stereocenters. The zero-order valence-electron chi connectivity index (χ0n) is 9.79. The van der Waals surface area contributed by atoms with Crippen molar-refractivity contribution in [1.82, 2.24) is 15.1 Å². The summed E-state index contributed by atoms with van der Waals surface area (Å²) >= 11 is 0. The van der Waals surface area contributed by atoms with Crippen LogP contribution in [0.3, 0.4) is 0 Å². The van der Waals surface area contributed by atoms with Gasteiger partial charge in [0, 0.05) is 26.2 Å². The van der Waals surface area contributed by atoms with Crippen LogP contribution in [0.5, 0.6) is 0 Å². The van der Waals surface area contributed by atoms with Gasteiger partial charge in [0.15, 0.2) is 0 Å². The average molecular weight is 269 g/mol. The van der Waals surface area contributed by atoms with Crippen molar-refractivity contribution in [3.8, 4) is 0 Å². The molecule has 0 aromatic carbocycles. The van der Waals surface area contributed by atoms with Crippen molar-refractivity contribution in [3.63, 3.8) is 0 Å². The summed E-state index contributed by atoms with van der Waals surface area (Å²) in [5, 5.41) is 0.910. The number of alkyl halides is 3. The van der Waals surface area contributed by atoms with E-state index in [2.05, 4.69) is 0 Å². The summed E-state index contributed by atoms with van der Waals surface area (Å²) in [4.78, 5) is 24.8. The van der Waals surface area contributed by atoms with E-state index in [1.807, 2.05) is 0 Å². The minimum atomic E-state index is -4.74. The minimum Gasteiger partial charge on any atom is -0.450 e. The number of carbonyl (C=O) groups excluding carboxylic acids is 2. The van der Waals surface area contributed by atoms with Gasteiger partial charge >= 0.3 is 18.4 Å². The molecule has 0 unspecified atom stereocenters. The summed E-state index contributed by atoms with van der Waals surface area (Å²) in [6, 6.07) is -1.20. The molecule has 1 fully saturated rings. The van der Waals surface area contributed by atoms with Crippen molar-refractivity contribution in [3.05, 3.63) is 0 Å². The van der Waals surface area contributed by atoms with Gasteiger partial charge in [-0.1, -0.05) is 0 Å². The van der Waals surface area contributed by atoms with Gasteiger partial charge in [0.2, 0.25) is 0 Å². The van der Waals surface area contributed by atoms with E-state index in [-0.39, 0.29) is 32.8 Å². The quantitative estimate of drug-likeness (QED) is 0.722. The van der Waals surface area contributed by atoms with Gasteiger partial charge < -0.3 is 14.5 Å². The molecule has 1 rings (SSSR count). The van der Waals surface area contributed by atoms with Crippen LogP contribution < -0.4 is 5.32 Å². The molecule has 1 heterocycles. The smallest absolute Gasteiger partial charge is 0.450 e. The summed E-state index contributed by atoms with van der Waals surface area (Å²) in [5.41, 5.74) is 0. The molecule has 1 aliphatic heterocycles. The van der Waals surface area contributed by atoms with Crippen LogP contribution in [-0.2, 0) is 4.74 Å². The van der Waals surface area contributed by atoms with Crippen LogP contribution in [0.25, 0.3) is 0 Å². The molecule has 1 saturated heterocycles. The molecular formula is C9H14F3N3O3. The highest BCUT2D eigenvalue weighted by Gasteiger charge is 2.33. The number of carbonyl (C=O) groups is 2. The lowest BCUT2D eigenvalue weighted by Crippen LogP contribution is -2.55. The van der Waals surface area contributed by atoms with E-state index in [1.165, 1.54) is 4.90 Å². The molecule has 18 heavy (non-hydrogen) atoms. The lowest BCUT2D eigenvalue weighted by molar-refractivity contribution is -0.147. The lowest BCUT2D eigenvalue weighted by Gasteiger charge is -2.34. The number of hydrogen-bond donors (Lipinski definition) is 1. The number of halogens is 3. The third-order valence-corrected chi connectivity index (χ3v) is 2.34. The van der Waals surface area contributed by atoms with E-state index in [0.29, 0.717) is 0 Å². The van der Waals surface area contributed by atoms with Gasteiger partial charge in [-0.2, -0.15) is 13.2 Å². The van der Waals surface area contributed by atoms with Gasteiger partial charge in [0.1, 0.15) is 0 Å². The molecule has 104 valence electrons. The van der Waals surface area contributed by atoms with Crippen LogP contribution in [0.1, 0.15) is 6.92 Å². The Labute approximate surface area is 102 Å². The SMILES string of the molecule is CCOC(=O)N1CCN(C(=O)NC(F)(F)F)CC1. The van der Waals surface area contributed by atoms with E-state index >= 15 is 0 Å². The molecule has 3 amide bonds. The van der Waals surface area contributed by atoms with Crippen LogP contribution in [0.15, 0.2) is 0 Å². The molecule has 9 heteroatoms. The number of nitrogens with one attached hydrogen (secondary N) is 1. The van der Waals surface area contributed by atoms with Crippen LogP contribution in [0.4, 0.5) is 22.8 Å². The number of nitrogens with zero attached hydrogens (tertiary/aromatic N) is 2. The Hall–Kier alpha value is -1.67. The Morgan fingerprint density at radius 2 is 1.67 bits per heavy atom. The van der Waals surface area contributed by atoms with Crippen molar-refractivity contribution >= 4 is 12.1 Å². The Morgan fingerprint density at radius 1 is 1.17 bits per heavy atom. The third-order valence-electron chi connectivity index (χ3n) is 2.34. The number of rotatable bonds is 1. The van der Waals surface area contributed by atoms with Crippen LogP contribution in [0.2, 0.25) is 0 Å². The predicted molar refractivity (Wildman–Crippen MR) is 54.8 cm³/mol. The normalized spacial score (nSPS) is 16.4. The molecule has 0 bridgehead atoms. The van der Waals surface area contributed by atoms with Crippen molar-refractivity contribution in [1.29, 1.82) is 0 Å². The monoisotopic (exact) mass is 269 g/mol. The fourth-order valence-corrected chi connectivity index (χ4v) is 1.51. The van der Waals surface area contributed by atoms with Crippen molar-refractivity contribution in [2.45, 2.75) is 13.2 Å². The highest BCUT2D eigenvalue weighted by Crippen LogP contribution is 2.11. The van der Waals surface area contributed by atoms with E-state index in [0.717, 1.165) is 10.2 Å². The Morgan fingerprint density at radius 3 is 2.11 bits per heavy atom. The number of amides is 3. The molecule has 0 spiro atoms. The molecule has 0 saturated carbocycles. The standard InChI is InChI=1S/C9H14F3N3O3/c1-2-18-8(17)15-5-3-14(4-6-15)7(16)13-9(10,11)12/h2-6H2,1H3,(H,13,16). The van der Waals surface area contributed by atoms with Gasteiger partial charge in [0.25, 0.3) is 0 Å². The molecule has 1 aliphatic rings. The zero-order valence-corrected chi connectivity index (χ0v) is 9.79. The van der Waals surface area contributed by atoms with Crippen LogP contribution >= 0.6 is 0 Å². The predicted octanol–water partition coefficient (Wildman–Crippen LogP) is 0.990. The maximum Gasteiger partial charge on any atom is 0.485 e. The zero-order chi connectivity index (χ0) is 13.8. The number of ether oxygens (including phenoxy) is 1. The first-order chi connectivity index (χ1) is 8.33. The van der Waals surface area contributed by atoms with E-state index in [1.54, 1.807) is 6.92 Å². The van der Waals surface area contributed by atoms with Gasteiger partial charge in [-0.05, 0) is 6.92 Å². The highest BCUT2D eigenvalue weighted by atomic mass is 19.4. The molecule has 6 nitrogen and oxygen atoms in total. The van der Waals surface area contributed by atoms with E-state index in [4.69, 9.17) is 4.74 Å². The van der Waals surface area contributed by atoms with E-state index in [9.17, 15) is 22.8 Å². The van der Waals surface area contributed by atoms with Crippen LogP contribution in [-0.4, -0.2) is 61.0 Å². The second-order valence-electron chi connectivity index (χ2n) is 3.60. The topological polar surface area (TPSA) is 61.9 Å². The van der Waals surface area contributed by atoms with Gasteiger partial charge in [-0.3, -0.25) is 0 Å². The molecular weight excluding hydrogens is 255 g/mol. The Kier molecular flexibility index (Phi) is 4.62. The second kappa shape index (κ2) is 5.78. The van der Waals surface area contributed by atoms with Crippen molar-refractivity contribution in [2.24, 2.45) is 0 Å². The van der Waals surface area contributed by atoms with Crippen LogP contribution in [0, 0.1) is 0 Å². The molecule has 0 radical (unpaired) electrons. The van der Waals surface area contributed by atoms with Gasteiger partial charge in [0.05, 0.1) is 6.61 Å². The summed E-state index contributed by atoms with van der Waals surface area (Å²) in [7, 11) is 0. The first-order valence-corrected chi connectivity index (χ1v) is 5.39. The maximum atomic E-state index is 11.9. The number of urea groups is 1. The molecule has 1 N–H and O–H groups in total. The first-order valence-electron chi connectivity index (χ1n) is 5.39. The lowest BCUT2D eigenvalue weighted by atomic mass is 10.3. The number of piperazine rings is 1. The van der Waals surface area contributed by atoms with Crippen molar-refractivity contribution < 1.29 is 27.5 Å². The molecule has 0 aromatic heterocycles. The maximum absolute atomic E-state index is 11.9.